The van der Waals surface area contributed by atoms with Crippen LogP contribution in [0.4, 0.5) is 5.82 Å². The Morgan fingerprint density at radius 3 is 2.62 bits per heavy atom. The maximum absolute atomic E-state index is 12.3. The van der Waals surface area contributed by atoms with Crippen LogP contribution in [0, 0.1) is 0 Å². The van der Waals surface area contributed by atoms with Crippen molar-refractivity contribution in [3.63, 3.8) is 0 Å². The molecule has 0 aliphatic carbocycles. The van der Waals surface area contributed by atoms with Gasteiger partial charge in [0.2, 0.25) is 10.0 Å². The molecule has 0 aliphatic heterocycles. The van der Waals surface area contributed by atoms with Crippen molar-refractivity contribution < 1.29 is 8.42 Å². The van der Waals surface area contributed by atoms with Crippen LogP contribution in [0.5, 0.6) is 0 Å². The van der Waals surface area contributed by atoms with Gasteiger partial charge in [-0.15, -0.1) is 0 Å². The second-order valence-corrected chi connectivity index (χ2v) is 7.05. The number of anilines is 1. The molecule has 0 radical (unpaired) electrons. The predicted molar refractivity (Wildman–Crippen MR) is 84.9 cm³/mol. The molecule has 2 aromatic rings. The Bertz CT molecular complexity index is 719. The Labute approximate surface area is 131 Å². The molecule has 1 unspecified atom stereocenters. The van der Waals surface area contributed by atoms with Crippen molar-refractivity contribution in [3.05, 3.63) is 52.6 Å². The lowest BCUT2D eigenvalue weighted by atomic mass is 10.1. The van der Waals surface area contributed by atoms with Crippen LogP contribution in [0.1, 0.15) is 18.5 Å². The molecule has 1 atom stereocenters. The molecular weight excluding hydrogens is 356 g/mol. The highest BCUT2D eigenvalue weighted by Crippen LogP contribution is 2.20. The summed E-state index contributed by atoms with van der Waals surface area (Å²) in [5.74, 6) is 5.60. The number of nitrogens with zero attached hydrogens (tertiary/aromatic N) is 1. The van der Waals surface area contributed by atoms with Crippen molar-refractivity contribution in [2.75, 3.05) is 5.43 Å². The number of nitrogens with two attached hydrogens (primary N) is 1. The van der Waals surface area contributed by atoms with Crippen molar-refractivity contribution in [3.8, 4) is 0 Å². The van der Waals surface area contributed by atoms with E-state index in [2.05, 4.69) is 31.1 Å². The summed E-state index contributed by atoms with van der Waals surface area (Å²) in [6.07, 6.45) is 1.26. The first-order chi connectivity index (χ1) is 9.92. The molecule has 112 valence electrons. The molecule has 0 bridgehead atoms. The second kappa shape index (κ2) is 6.52. The summed E-state index contributed by atoms with van der Waals surface area (Å²) in [6.45, 7) is 1.78. The number of pyridine rings is 1. The average molecular weight is 371 g/mol. The van der Waals surface area contributed by atoms with Gasteiger partial charge in [-0.1, -0.05) is 28.1 Å². The van der Waals surface area contributed by atoms with E-state index in [0.717, 1.165) is 10.0 Å². The third kappa shape index (κ3) is 4.01. The summed E-state index contributed by atoms with van der Waals surface area (Å²) < 4.78 is 28.1. The Morgan fingerprint density at radius 2 is 2.05 bits per heavy atom. The fraction of sp³-hybridized carbons (Fsp3) is 0.154. The largest absolute Gasteiger partial charge is 0.308 e. The first-order valence-corrected chi connectivity index (χ1v) is 8.40. The van der Waals surface area contributed by atoms with E-state index in [4.69, 9.17) is 5.84 Å². The molecule has 1 aromatic carbocycles. The van der Waals surface area contributed by atoms with E-state index < -0.39 is 10.0 Å². The van der Waals surface area contributed by atoms with E-state index in [1.165, 1.54) is 18.3 Å². The number of halogens is 1. The third-order valence-electron chi connectivity index (χ3n) is 2.88. The van der Waals surface area contributed by atoms with Crippen LogP contribution in [0.3, 0.4) is 0 Å². The van der Waals surface area contributed by atoms with Crippen molar-refractivity contribution in [2.45, 2.75) is 17.9 Å². The van der Waals surface area contributed by atoms with E-state index in [9.17, 15) is 8.42 Å². The van der Waals surface area contributed by atoms with Gasteiger partial charge in [0.1, 0.15) is 10.7 Å². The van der Waals surface area contributed by atoms with E-state index >= 15 is 0 Å². The Kier molecular flexibility index (Phi) is 4.94. The molecular formula is C13H15BrN4O2S. The van der Waals surface area contributed by atoms with Crippen LogP contribution in [-0.4, -0.2) is 13.4 Å². The van der Waals surface area contributed by atoms with Crippen LogP contribution in [0.2, 0.25) is 0 Å². The number of sulfonamides is 1. The fourth-order valence-electron chi connectivity index (χ4n) is 1.77. The van der Waals surface area contributed by atoms with Gasteiger partial charge in [0, 0.05) is 16.7 Å². The molecule has 0 saturated heterocycles. The monoisotopic (exact) mass is 370 g/mol. The van der Waals surface area contributed by atoms with Crippen molar-refractivity contribution in [1.29, 1.82) is 0 Å². The molecule has 0 saturated carbocycles. The molecule has 0 amide bonds. The van der Waals surface area contributed by atoms with Crippen LogP contribution in [0.25, 0.3) is 0 Å². The van der Waals surface area contributed by atoms with E-state index in [1.54, 1.807) is 6.92 Å². The molecule has 6 nitrogen and oxygen atoms in total. The third-order valence-corrected chi connectivity index (χ3v) is 4.89. The molecule has 0 fully saturated rings. The molecule has 4 N–H and O–H groups in total. The van der Waals surface area contributed by atoms with Gasteiger partial charge in [-0.2, -0.15) is 0 Å². The number of nitrogen functional groups attached to an aromatic ring is 1. The first-order valence-electron chi connectivity index (χ1n) is 6.13. The zero-order valence-corrected chi connectivity index (χ0v) is 13.6. The lowest BCUT2D eigenvalue weighted by Gasteiger charge is -2.15. The maximum atomic E-state index is 12.3. The van der Waals surface area contributed by atoms with Gasteiger partial charge < -0.3 is 5.43 Å². The molecule has 1 heterocycles. The summed E-state index contributed by atoms with van der Waals surface area (Å²) in [4.78, 5) is 3.98. The molecule has 21 heavy (non-hydrogen) atoms. The lowest BCUT2D eigenvalue weighted by molar-refractivity contribution is 0.566. The normalized spacial score (nSPS) is 12.9. The Balaban J connectivity index is 2.20. The van der Waals surface area contributed by atoms with Gasteiger partial charge in [-0.05, 0) is 36.8 Å². The van der Waals surface area contributed by atoms with Crippen LogP contribution in [-0.2, 0) is 10.0 Å². The summed E-state index contributed by atoms with van der Waals surface area (Å²) in [5.41, 5.74) is 3.21. The van der Waals surface area contributed by atoms with Crippen LogP contribution >= 0.6 is 15.9 Å². The number of benzene rings is 1. The summed E-state index contributed by atoms with van der Waals surface area (Å²) in [6, 6.07) is 10.0. The Hall–Kier alpha value is -1.48. The fourth-order valence-corrected chi connectivity index (χ4v) is 3.36. The molecule has 8 heteroatoms. The Morgan fingerprint density at radius 1 is 1.29 bits per heavy atom. The first kappa shape index (κ1) is 15.9. The number of hydrogen-bond acceptors (Lipinski definition) is 5. The van der Waals surface area contributed by atoms with Gasteiger partial charge in [-0.3, -0.25) is 0 Å². The van der Waals surface area contributed by atoms with Gasteiger partial charge in [-0.25, -0.2) is 24.0 Å². The van der Waals surface area contributed by atoms with Gasteiger partial charge in [0.15, 0.2) is 0 Å². The molecule has 0 spiro atoms. The average Bonchev–Trinajstić information content (AvgIpc) is 2.47. The topological polar surface area (TPSA) is 97.1 Å². The van der Waals surface area contributed by atoms with Crippen molar-refractivity contribution >= 4 is 31.8 Å². The number of aromatic nitrogens is 1. The number of hydrazine groups is 1. The maximum Gasteiger partial charge on any atom is 0.242 e. The second-order valence-electron chi connectivity index (χ2n) is 4.42. The van der Waals surface area contributed by atoms with Crippen LogP contribution < -0.4 is 16.0 Å². The minimum atomic E-state index is -3.64. The summed E-state index contributed by atoms with van der Waals surface area (Å²) in [5, 5.41) is 0. The standard InChI is InChI=1S/C13H15BrN4O2S/c1-9(10-3-2-4-11(14)7-10)18-21(19,20)12-5-6-13(17-15)16-8-12/h2-9,18H,15H2,1H3,(H,16,17). The van der Waals surface area contributed by atoms with E-state index in [-0.39, 0.29) is 10.9 Å². The SMILES string of the molecule is CC(NS(=O)(=O)c1ccc(NN)nc1)c1cccc(Br)c1. The lowest BCUT2D eigenvalue weighted by Crippen LogP contribution is -2.27. The minimum absolute atomic E-state index is 0.0864. The zero-order valence-electron chi connectivity index (χ0n) is 11.2. The van der Waals surface area contributed by atoms with Crippen molar-refractivity contribution in [2.24, 2.45) is 5.84 Å². The predicted octanol–water partition coefficient (Wildman–Crippen LogP) is 2.17. The quantitative estimate of drug-likeness (QED) is 0.553. The van der Waals surface area contributed by atoms with Gasteiger partial charge in [0.25, 0.3) is 0 Å². The number of rotatable bonds is 5. The smallest absolute Gasteiger partial charge is 0.242 e. The summed E-state index contributed by atoms with van der Waals surface area (Å²) >= 11 is 3.36. The van der Waals surface area contributed by atoms with Crippen molar-refractivity contribution in [1.82, 2.24) is 9.71 Å². The van der Waals surface area contributed by atoms with Gasteiger partial charge in [0.05, 0.1) is 0 Å². The molecule has 0 aliphatic rings. The molecule has 2 rings (SSSR count). The number of nitrogens with one attached hydrogen (secondary N) is 2. The van der Waals surface area contributed by atoms with E-state index in [0.29, 0.717) is 5.82 Å². The van der Waals surface area contributed by atoms with Gasteiger partial charge >= 0.3 is 0 Å². The van der Waals surface area contributed by atoms with E-state index in [1.807, 2.05) is 24.3 Å². The molecule has 1 aromatic heterocycles. The highest BCUT2D eigenvalue weighted by atomic mass is 79.9. The highest BCUT2D eigenvalue weighted by Gasteiger charge is 2.18. The summed E-state index contributed by atoms with van der Waals surface area (Å²) in [7, 11) is -3.64. The minimum Gasteiger partial charge on any atom is -0.308 e. The highest BCUT2D eigenvalue weighted by molar-refractivity contribution is 9.10. The van der Waals surface area contributed by atoms with Crippen LogP contribution in [0.15, 0.2) is 52.0 Å². The zero-order chi connectivity index (χ0) is 15.5. The number of hydrogen-bond donors (Lipinski definition) is 3.